The van der Waals surface area contributed by atoms with E-state index in [1.165, 1.54) is 12.6 Å². The van der Waals surface area contributed by atoms with Crippen molar-refractivity contribution in [2.24, 2.45) is 23.2 Å². The van der Waals surface area contributed by atoms with Crippen LogP contribution in [0.5, 0.6) is 0 Å². The van der Waals surface area contributed by atoms with Crippen molar-refractivity contribution in [1.82, 2.24) is 20.6 Å². The van der Waals surface area contributed by atoms with E-state index in [1.807, 2.05) is 37.3 Å². The Bertz CT molecular complexity index is 1190. The molecular formula is C30H41BN4O4. The highest BCUT2D eigenvalue weighted by molar-refractivity contribution is 6.48. The van der Waals surface area contributed by atoms with E-state index < -0.39 is 19.1 Å². The van der Waals surface area contributed by atoms with Crippen molar-refractivity contribution < 1.29 is 18.9 Å². The third-order valence-corrected chi connectivity index (χ3v) is 9.27. The molecule has 39 heavy (non-hydrogen) atoms. The highest BCUT2D eigenvalue weighted by atomic mass is 16.7. The maximum absolute atomic E-state index is 13.8. The number of aryl methyl sites for hydroxylation is 1. The van der Waals surface area contributed by atoms with Crippen LogP contribution >= 0.6 is 0 Å². The van der Waals surface area contributed by atoms with Crippen LogP contribution in [0.1, 0.15) is 75.6 Å². The van der Waals surface area contributed by atoms with Crippen molar-refractivity contribution in [2.75, 3.05) is 0 Å². The second-order valence-corrected chi connectivity index (χ2v) is 12.8. The first-order valence-electron chi connectivity index (χ1n) is 14.2. The number of nitrogens with zero attached hydrogens (tertiary/aromatic N) is 2. The molecular weight excluding hydrogens is 491 g/mol. The van der Waals surface area contributed by atoms with E-state index in [0.717, 1.165) is 12.0 Å². The number of hydrogen-bond donors (Lipinski definition) is 2. The SMILES string of the molecule is Cc1cnc(C(=O)N[C@@H](Cc2ccccc2)C(=O)N[C@@H](CC(C)C)B2O[C@@H]3C[C@@H]4C[C@@H](C4(C)C)[C@]3(C)O2)cn1. The fourth-order valence-electron chi connectivity index (χ4n) is 6.90. The molecule has 4 aliphatic rings. The molecule has 208 valence electrons. The molecule has 2 aromatic rings. The Morgan fingerprint density at radius 3 is 2.46 bits per heavy atom. The average Bonchev–Trinajstić information content (AvgIpc) is 3.25. The lowest BCUT2D eigenvalue weighted by molar-refractivity contribution is -0.199. The highest BCUT2D eigenvalue weighted by Crippen LogP contribution is 2.65. The summed E-state index contributed by atoms with van der Waals surface area (Å²) in [6.07, 6.45) is 6.21. The Morgan fingerprint density at radius 2 is 1.82 bits per heavy atom. The molecule has 6 atom stereocenters. The highest BCUT2D eigenvalue weighted by Gasteiger charge is 2.68. The summed E-state index contributed by atoms with van der Waals surface area (Å²) < 4.78 is 13.3. The number of carbonyl (C=O) groups excluding carboxylic acids is 2. The Hall–Kier alpha value is -2.78. The molecule has 0 radical (unpaired) electrons. The Kier molecular flexibility index (Phi) is 7.59. The first kappa shape index (κ1) is 27.8. The van der Waals surface area contributed by atoms with Crippen LogP contribution in [0.4, 0.5) is 0 Å². The van der Waals surface area contributed by atoms with Gasteiger partial charge in [-0.05, 0) is 61.8 Å². The Balaban J connectivity index is 1.34. The molecule has 8 nitrogen and oxygen atoms in total. The normalized spacial score (nSPS) is 28.3. The standard InChI is InChI=1S/C30H41BN4O4/c1-18(2)12-26(31-38-25-15-21-14-24(29(21,4)5)30(25,6)39-31)35-27(36)22(13-20-10-8-7-9-11-20)34-28(37)23-17-32-19(3)16-33-23/h7-11,16-18,21-22,24-26H,12-15H2,1-6H3,(H,34,37)(H,35,36)/t21-,22-,24-,25+,26-,30-/m0/s1. The fourth-order valence-corrected chi connectivity index (χ4v) is 6.90. The lowest BCUT2D eigenvalue weighted by Gasteiger charge is -2.64. The van der Waals surface area contributed by atoms with Crippen LogP contribution in [0.25, 0.3) is 0 Å². The van der Waals surface area contributed by atoms with E-state index >= 15 is 0 Å². The molecule has 1 aromatic heterocycles. The maximum Gasteiger partial charge on any atom is 0.481 e. The summed E-state index contributed by atoms with van der Waals surface area (Å²) in [5, 5.41) is 6.11. The molecule has 3 saturated carbocycles. The van der Waals surface area contributed by atoms with Gasteiger partial charge in [-0.3, -0.25) is 14.6 Å². The smallest absolute Gasteiger partial charge is 0.404 e. The van der Waals surface area contributed by atoms with E-state index in [9.17, 15) is 9.59 Å². The second-order valence-electron chi connectivity index (χ2n) is 12.8. The van der Waals surface area contributed by atoms with Crippen molar-refractivity contribution in [3.05, 3.63) is 59.7 Å². The first-order chi connectivity index (χ1) is 18.5. The molecule has 2 bridgehead atoms. The van der Waals surface area contributed by atoms with Gasteiger partial charge >= 0.3 is 7.12 Å². The second kappa shape index (κ2) is 10.7. The van der Waals surface area contributed by atoms with Gasteiger partial charge in [-0.1, -0.05) is 58.0 Å². The van der Waals surface area contributed by atoms with Gasteiger partial charge in [-0.15, -0.1) is 0 Å². The van der Waals surface area contributed by atoms with Gasteiger partial charge in [0.1, 0.15) is 11.7 Å². The van der Waals surface area contributed by atoms with E-state index in [-0.39, 0.29) is 34.7 Å². The van der Waals surface area contributed by atoms with Gasteiger partial charge < -0.3 is 19.9 Å². The summed E-state index contributed by atoms with van der Waals surface area (Å²) in [6.45, 7) is 12.9. The monoisotopic (exact) mass is 532 g/mol. The molecule has 1 saturated heterocycles. The van der Waals surface area contributed by atoms with Crippen molar-refractivity contribution in [2.45, 2.75) is 90.9 Å². The number of carbonyl (C=O) groups is 2. The molecule has 3 aliphatic carbocycles. The summed E-state index contributed by atoms with van der Waals surface area (Å²) in [7, 11) is -0.530. The third kappa shape index (κ3) is 5.48. The number of amides is 2. The summed E-state index contributed by atoms with van der Waals surface area (Å²) in [6, 6.07) is 8.88. The van der Waals surface area contributed by atoms with E-state index in [2.05, 4.69) is 55.2 Å². The van der Waals surface area contributed by atoms with Crippen LogP contribution in [0, 0.1) is 30.1 Å². The average molecular weight is 532 g/mol. The minimum absolute atomic E-state index is 0.0331. The van der Waals surface area contributed by atoms with E-state index in [0.29, 0.717) is 36.3 Å². The molecule has 2 heterocycles. The van der Waals surface area contributed by atoms with Gasteiger partial charge in [0.05, 0.1) is 29.5 Å². The van der Waals surface area contributed by atoms with Crippen LogP contribution in [-0.2, 0) is 20.5 Å². The minimum atomic E-state index is -0.802. The zero-order chi connectivity index (χ0) is 27.9. The van der Waals surface area contributed by atoms with Crippen LogP contribution in [0.2, 0.25) is 0 Å². The summed E-state index contributed by atoms with van der Waals surface area (Å²) in [4.78, 5) is 35.2. The van der Waals surface area contributed by atoms with Crippen LogP contribution in [0.3, 0.4) is 0 Å². The van der Waals surface area contributed by atoms with Crippen molar-refractivity contribution >= 4 is 18.9 Å². The van der Waals surface area contributed by atoms with Gasteiger partial charge in [-0.2, -0.15) is 0 Å². The molecule has 0 unspecified atom stereocenters. The molecule has 0 spiro atoms. The third-order valence-electron chi connectivity index (χ3n) is 9.27. The number of benzene rings is 1. The summed E-state index contributed by atoms with van der Waals surface area (Å²) >= 11 is 0. The number of nitrogens with one attached hydrogen (secondary N) is 2. The predicted octanol–water partition coefficient (Wildman–Crippen LogP) is 3.92. The predicted molar refractivity (Wildman–Crippen MR) is 150 cm³/mol. The summed E-state index contributed by atoms with van der Waals surface area (Å²) in [5.41, 5.74) is 1.72. The topological polar surface area (TPSA) is 102 Å². The van der Waals surface area contributed by atoms with Crippen molar-refractivity contribution in [1.29, 1.82) is 0 Å². The Labute approximate surface area is 232 Å². The molecule has 1 aliphatic heterocycles. The lowest BCUT2D eigenvalue weighted by atomic mass is 9.43. The Morgan fingerprint density at radius 1 is 1.08 bits per heavy atom. The first-order valence-corrected chi connectivity index (χ1v) is 14.2. The fraction of sp³-hybridized carbons (Fsp3) is 0.600. The molecule has 1 aromatic carbocycles. The van der Waals surface area contributed by atoms with Crippen LogP contribution in [0.15, 0.2) is 42.7 Å². The van der Waals surface area contributed by atoms with Crippen LogP contribution < -0.4 is 10.6 Å². The van der Waals surface area contributed by atoms with E-state index in [1.54, 1.807) is 6.20 Å². The zero-order valence-corrected chi connectivity index (χ0v) is 23.9. The number of rotatable bonds is 9. The molecule has 9 heteroatoms. The van der Waals surface area contributed by atoms with Crippen LogP contribution in [-0.4, -0.2) is 52.6 Å². The zero-order valence-electron chi connectivity index (χ0n) is 23.9. The van der Waals surface area contributed by atoms with E-state index in [4.69, 9.17) is 9.31 Å². The van der Waals surface area contributed by atoms with Gasteiger partial charge in [0.15, 0.2) is 0 Å². The molecule has 2 amide bonds. The summed E-state index contributed by atoms with van der Waals surface area (Å²) in [5.74, 6) is 0.358. The molecule has 4 fully saturated rings. The molecule has 6 rings (SSSR count). The quantitative estimate of drug-likeness (QED) is 0.475. The largest absolute Gasteiger partial charge is 0.481 e. The van der Waals surface area contributed by atoms with Gasteiger partial charge in [0.25, 0.3) is 5.91 Å². The van der Waals surface area contributed by atoms with Crippen molar-refractivity contribution in [3.63, 3.8) is 0 Å². The van der Waals surface area contributed by atoms with Crippen molar-refractivity contribution in [3.8, 4) is 0 Å². The lowest BCUT2D eigenvalue weighted by Crippen LogP contribution is -2.65. The molecule has 2 N–H and O–H groups in total. The minimum Gasteiger partial charge on any atom is -0.404 e. The number of aromatic nitrogens is 2. The van der Waals surface area contributed by atoms with Gasteiger partial charge in [0, 0.05) is 12.6 Å². The number of hydrogen-bond acceptors (Lipinski definition) is 6. The maximum atomic E-state index is 13.8. The van der Waals surface area contributed by atoms with Gasteiger partial charge in [-0.25, -0.2) is 4.98 Å². The van der Waals surface area contributed by atoms with Gasteiger partial charge in [0.2, 0.25) is 5.91 Å².